The maximum absolute atomic E-state index is 10.8. The molecule has 2 aromatic rings. The van der Waals surface area contributed by atoms with Gasteiger partial charge in [-0.1, -0.05) is 18.2 Å². The number of carboxylic acid groups (broad SMARTS) is 1. The molecule has 0 aliphatic heterocycles. The van der Waals surface area contributed by atoms with Crippen LogP contribution in [-0.2, 0) is 4.79 Å². The molecule has 1 heterocycles. The minimum absolute atomic E-state index is 0.0434. The topological polar surface area (TPSA) is 53.4 Å². The molecule has 0 aliphatic carbocycles. The summed E-state index contributed by atoms with van der Waals surface area (Å²) in [5, 5.41) is 10.8. The number of fused-ring (bicyclic) bond motifs is 1. The molecule has 88 valence electrons. The van der Waals surface area contributed by atoms with E-state index in [2.05, 4.69) is 11.0 Å². The van der Waals surface area contributed by atoms with E-state index in [1.165, 1.54) is 11.5 Å². The summed E-state index contributed by atoms with van der Waals surface area (Å²) in [5.41, 5.74) is 0.895. The molecule has 0 saturated carbocycles. The van der Waals surface area contributed by atoms with Gasteiger partial charge in [0.15, 0.2) is 0 Å². The number of aromatic nitrogens is 1. The first-order valence-corrected chi connectivity index (χ1v) is 5.91. The minimum Gasteiger partial charge on any atom is -0.480 e. The van der Waals surface area contributed by atoms with Crippen LogP contribution in [0, 0.1) is 0 Å². The summed E-state index contributed by atoms with van der Waals surface area (Å²) < 4.78 is 4.30. The Morgan fingerprint density at radius 3 is 3.00 bits per heavy atom. The predicted molar refractivity (Wildman–Crippen MR) is 69.7 cm³/mol. The molecule has 1 N–H and O–H groups in total. The Bertz CT molecular complexity index is 550. The molecule has 1 aromatic heterocycles. The maximum Gasteiger partial charge on any atom is 0.323 e. The highest BCUT2D eigenvalue weighted by atomic mass is 32.1. The second kappa shape index (κ2) is 4.97. The number of carbonyl (C=O) groups is 1. The van der Waals surface area contributed by atoms with Gasteiger partial charge in [0.1, 0.15) is 11.5 Å². The molecule has 1 aromatic carbocycles. The zero-order valence-electron chi connectivity index (χ0n) is 9.17. The van der Waals surface area contributed by atoms with Gasteiger partial charge in [0.25, 0.3) is 0 Å². The molecule has 0 spiro atoms. The van der Waals surface area contributed by atoms with Gasteiger partial charge in [0.2, 0.25) is 0 Å². The molecule has 5 heteroatoms. The quantitative estimate of drug-likeness (QED) is 0.825. The molecular weight excluding hydrogens is 236 g/mol. The van der Waals surface area contributed by atoms with Crippen LogP contribution in [-0.4, -0.2) is 28.5 Å². The number of carboxylic acids is 1. The average molecular weight is 248 g/mol. The van der Waals surface area contributed by atoms with Crippen LogP contribution < -0.4 is 4.90 Å². The number of hydrogen-bond donors (Lipinski definition) is 1. The molecule has 0 fully saturated rings. The van der Waals surface area contributed by atoms with Gasteiger partial charge in [-0.3, -0.25) is 4.79 Å². The van der Waals surface area contributed by atoms with E-state index >= 15 is 0 Å². The number of hydrogen-bond acceptors (Lipinski definition) is 4. The van der Waals surface area contributed by atoms with Crippen molar-refractivity contribution in [2.24, 2.45) is 0 Å². The molecule has 0 bridgehead atoms. The summed E-state index contributed by atoms with van der Waals surface area (Å²) in [6, 6.07) is 7.71. The van der Waals surface area contributed by atoms with Gasteiger partial charge in [-0.15, -0.1) is 6.58 Å². The lowest BCUT2D eigenvalue weighted by Gasteiger charge is -2.18. The van der Waals surface area contributed by atoms with E-state index in [4.69, 9.17) is 5.11 Å². The Labute approximate surface area is 103 Å². The Balaban J connectivity index is 2.40. The molecular formula is C12H12N2O2S. The van der Waals surface area contributed by atoms with Crippen molar-refractivity contribution in [2.75, 3.05) is 18.0 Å². The predicted octanol–water partition coefficient (Wildman–Crippen LogP) is 2.37. The van der Waals surface area contributed by atoms with E-state index < -0.39 is 5.97 Å². The lowest BCUT2D eigenvalue weighted by Crippen LogP contribution is -2.29. The highest BCUT2D eigenvalue weighted by Crippen LogP contribution is 2.30. The SMILES string of the molecule is C=CCN(CC(=O)O)c1snc2ccccc12. The summed E-state index contributed by atoms with van der Waals surface area (Å²) in [7, 11) is 0. The van der Waals surface area contributed by atoms with Crippen molar-refractivity contribution in [3.63, 3.8) is 0 Å². The Kier molecular flexibility index (Phi) is 3.39. The second-order valence-corrected chi connectivity index (χ2v) is 4.32. The zero-order valence-corrected chi connectivity index (χ0v) is 9.98. The van der Waals surface area contributed by atoms with Crippen molar-refractivity contribution in [1.29, 1.82) is 0 Å². The molecule has 0 unspecified atom stereocenters. The fourth-order valence-corrected chi connectivity index (χ4v) is 2.51. The van der Waals surface area contributed by atoms with E-state index in [0.717, 1.165) is 15.9 Å². The van der Waals surface area contributed by atoms with E-state index in [1.54, 1.807) is 11.0 Å². The first kappa shape index (κ1) is 11.6. The van der Waals surface area contributed by atoms with E-state index in [-0.39, 0.29) is 6.54 Å². The van der Waals surface area contributed by atoms with Crippen LogP contribution >= 0.6 is 11.5 Å². The molecule has 4 nitrogen and oxygen atoms in total. The van der Waals surface area contributed by atoms with E-state index in [9.17, 15) is 4.79 Å². The van der Waals surface area contributed by atoms with Gasteiger partial charge in [-0.05, 0) is 23.7 Å². The lowest BCUT2D eigenvalue weighted by molar-refractivity contribution is -0.135. The molecule has 0 amide bonds. The fraction of sp³-hybridized carbons (Fsp3) is 0.167. The van der Waals surface area contributed by atoms with E-state index in [1.807, 2.05) is 24.3 Å². The van der Waals surface area contributed by atoms with E-state index in [0.29, 0.717) is 6.54 Å². The van der Waals surface area contributed by atoms with Gasteiger partial charge in [0.05, 0.1) is 5.52 Å². The van der Waals surface area contributed by atoms with Crippen molar-refractivity contribution < 1.29 is 9.90 Å². The van der Waals surface area contributed by atoms with Gasteiger partial charge >= 0.3 is 5.97 Å². The summed E-state index contributed by atoms with van der Waals surface area (Å²) >= 11 is 1.32. The fourth-order valence-electron chi connectivity index (χ4n) is 1.64. The van der Waals surface area contributed by atoms with Gasteiger partial charge < -0.3 is 10.0 Å². The van der Waals surface area contributed by atoms with Crippen LogP contribution in [0.3, 0.4) is 0 Å². The van der Waals surface area contributed by atoms with Crippen molar-refractivity contribution in [2.45, 2.75) is 0 Å². The van der Waals surface area contributed by atoms with Crippen molar-refractivity contribution in [1.82, 2.24) is 4.37 Å². The highest BCUT2D eigenvalue weighted by Gasteiger charge is 2.14. The maximum atomic E-state index is 10.8. The molecule has 2 rings (SSSR count). The summed E-state index contributed by atoms with van der Waals surface area (Å²) in [5.74, 6) is -0.857. The number of aliphatic carboxylic acids is 1. The largest absolute Gasteiger partial charge is 0.480 e. The van der Waals surface area contributed by atoms with Crippen LogP contribution in [0.1, 0.15) is 0 Å². The van der Waals surface area contributed by atoms with Crippen molar-refractivity contribution in [3.05, 3.63) is 36.9 Å². The smallest absolute Gasteiger partial charge is 0.323 e. The zero-order chi connectivity index (χ0) is 12.3. The number of nitrogens with zero attached hydrogens (tertiary/aromatic N) is 2. The molecule has 0 atom stereocenters. The van der Waals surface area contributed by atoms with Crippen LogP contribution in [0.15, 0.2) is 36.9 Å². The van der Waals surface area contributed by atoms with Gasteiger partial charge in [0, 0.05) is 11.9 Å². The monoisotopic (exact) mass is 248 g/mol. The van der Waals surface area contributed by atoms with Crippen molar-refractivity contribution in [3.8, 4) is 0 Å². The molecule has 0 aliphatic rings. The highest BCUT2D eigenvalue weighted by molar-refractivity contribution is 7.11. The Hall–Kier alpha value is -1.88. The van der Waals surface area contributed by atoms with Gasteiger partial charge in [-0.25, -0.2) is 0 Å². The summed E-state index contributed by atoms with van der Waals surface area (Å²) in [6.45, 7) is 4.10. The summed E-state index contributed by atoms with van der Waals surface area (Å²) in [6.07, 6.45) is 1.69. The molecule has 0 saturated heterocycles. The van der Waals surface area contributed by atoms with Crippen LogP contribution in [0.4, 0.5) is 5.00 Å². The second-order valence-electron chi connectivity index (χ2n) is 3.57. The molecule has 17 heavy (non-hydrogen) atoms. The van der Waals surface area contributed by atoms with Crippen LogP contribution in [0.5, 0.6) is 0 Å². The minimum atomic E-state index is -0.857. The number of benzene rings is 1. The van der Waals surface area contributed by atoms with Crippen LogP contribution in [0.25, 0.3) is 10.9 Å². The first-order valence-electron chi connectivity index (χ1n) is 5.14. The third kappa shape index (κ3) is 2.45. The molecule has 0 radical (unpaired) electrons. The Morgan fingerprint density at radius 2 is 2.29 bits per heavy atom. The standard InChI is InChI=1S/C12H12N2O2S/c1-2-7-14(8-11(15)16)12-9-5-3-4-6-10(9)13-17-12/h2-6H,1,7-8H2,(H,15,16). The lowest BCUT2D eigenvalue weighted by atomic mass is 10.2. The summed E-state index contributed by atoms with van der Waals surface area (Å²) in [4.78, 5) is 12.6. The number of anilines is 1. The third-order valence-corrected chi connectivity index (χ3v) is 3.27. The normalized spacial score (nSPS) is 10.4. The number of rotatable bonds is 5. The van der Waals surface area contributed by atoms with Crippen LogP contribution in [0.2, 0.25) is 0 Å². The first-order chi connectivity index (χ1) is 8.22. The van der Waals surface area contributed by atoms with Gasteiger partial charge in [-0.2, -0.15) is 4.37 Å². The third-order valence-electron chi connectivity index (χ3n) is 2.33. The van der Waals surface area contributed by atoms with Crippen molar-refractivity contribution >= 4 is 33.4 Å². The average Bonchev–Trinajstić information content (AvgIpc) is 2.71. The Morgan fingerprint density at radius 1 is 1.53 bits per heavy atom.